The molecule has 0 spiro atoms. The van der Waals surface area contributed by atoms with Gasteiger partial charge in [-0.1, -0.05) is 11.6 Å². The predicted molar refractivity (Wildman–Crippen MR) is 108 cm³/mol. The number of nitrogens with zero attached hydrogens (tertiary/aromatic N) is 4. The first-order chi connectivity index (χ1) is 13.1. The van der Waals surface area contributed by atoms with Crippen molar-refractivity contribution in [1.29, 1.82) is 0 Å². The van der Waals surface area contributed by atoms with Gasteiger partial charge >= 0.3 is 0 Å². The highest BCUT2D eigenvalue weighted by Gasteiger charge is 2.19. The summed E-state index contributed by atoms with van der Waals surface area (Å²) < 4.78 is 21.3. The summed E-state index contributed by atoms with van der Waals surface area (Å²) in [6, 6.07) is 8.49. The molecule has 9 heteroatoms. The molecule has 150 valence electrons. The standard InChI is InChI=1S/C19H21ClFN5O.H3N/c1-13(25-6-8-27-9-7-25)10-15-12-18(24-19-4-5-22-26(15)19)23-17-11-14(20)2-3-16(17)21;/h2-5,11-13H,6-10H2,1H3,(H,23,24);1H3. The van der Waals surface area contributed by atoms with Crippen LogP contribution in [-0.2, 0) is 11.2 Å². The van der Waals surface area contributed by atoms with Crippen molar-refractivity contribution < 1.29 is 9.13 Å². The molecule has 2 aromatic heterocycles. The highest BCUT2D eigenvalue weighted by Crippen LogP contribution is 2.24. The van der Waals surface area contributed by atoms with Gasteiger partial charge < -0.3 is 16.2 Å². The van der Waals surface area contributed by atoms with E-state index in [-0.39, 0.29) is 12.0 Å². The van der Waals surface area contributed by atoms with Crippen molar-refractivity contribution in [3.8, 4) is 0 Å². The summed E-state index contributed by atoms with van der Waals surface area (Å²) >= 11 is 5.99. The summed E-state index contributed by atoms with van der Waals surface area (Å²) in [5.41, 5.74) is 2.02. The molecule has 0 saturated carbocycles. The van der Waals surface area contributed by atoms with Gasteiger partial charge in [0.25, 0.3) is 0 Å². The van der Waals surface area contributed by atoms with E-state index in [4.69, 9.17) is 16.3 Å². The van der Waals surface area contributed by atoms with Crippen molar-refractivity contribution in [2.75, 3.05) is 31.6 Å². The van der Waals surface area contributed by atoms with E-state index in [0.717, 1.165) is 38.4 Å². The molecule has 3 heterocycles. The van der Waals surface area contributed by atoms with Crippen LogP contribution >= 0.6 is 11.6 Å². The topological polar surface area (TPSA) is 89.7 Å². The van der Waals surface area contributed by atoms with E-state index >= 15 is 0 Å². The number of anilines is 2. The van der Waals surface area contributed by atoms with Crippen LogP contribution in [0.1, 0.15) is 12.6 Å². The number of hydrogen-bond acceptors (Lipinski definition) is 6. The summed E-state index contributed by atoms with van der Waals surface area (Å²) in [4.78, 5) is 6.93. The summed E-state index contributed by atoms with van der Waals surface area (Å²) in [5, 5.41) is 7.89. The minimum Gasteiger partial charge on any atom is -0.379 e. The van der Waals surface area contributed by atoms with Crippen molar-refractivity contribution in [3.63, 3.8) is 0 Å². The molecule has 4 rings (SSSR count). The number of rotatable bonds is 5. The summed E-state index contributed by atoms with van der Waals surface area (Å²) in [6.07, 6.45) is 2.52. The average Bonchev–Trinajstić information content (AvgIpc) is 3.14. The maximum absolute atomic E-state index is 14.1. The first kappa shape index (κ1) is 20.5. The zero-order valence-electron chi connectivity index (χ0n) is 15.7. The Morgan fingerprint density at radius 1 is 1.25 bits per heavy atom. The van der Waals surface area contributed by atoms with Gasteiger partial charge in [-0.05, 0) is 25.1 Å². The van der Waals surface area contributed by atoms with Crippen LogP contribution in [0, 0.1) is 5.82 Å². The van der Waals surface area contributed by atoms with E-state index in [9.17, 15) is 4.39 Å². The Hall–Kier alpha value is -2.26. The normalized spacial score (nSPS) is 16.0. The molecule has 4 N–H and O–H groups in total. The molecule has 3 aromatic rings. The SMILES string of the molecule is CC(Cc1cc(Nc2cc(Cl)ccc2F)nc2ccnn12)N1CCOCC1.N. The molecule has 1 fully saturated rings. The van der Waals surface area contributed by atoms with E-state index in [1.165, 1.54) is 12.1 Å². The maximum atomic E-state index is 14.1. The molecular formula is C19H24ClFN6O. The molecule has 1 saturated heterocycles. The molecule has 1 aromatic carbocycles. The number of fused-ring (bicyclic) bond motifs is 1. The molecule has 1 aliphatic heterocycles. The molecule has 7 nitrogen and oxygen atoms in total. The van der Waals surface area contributed by atoms with Crippen LogP contribution in [0.4, 0.5) is 15.9 Å². The van der Waals surface area contributed by atoms with Crippen molar-refractivity contribution in [2.24, 2.45) is 0 Å². The Bertz CT molecular complexity index is 943. The van der Waals surface area contributed by atoms with Crippen molar-refractivity contribution in [1.82, 2.24) is 25.6 Å². The van der Waals surface area contributed by atoms with Crippen molar-refractivity contribution >= 4 is 28.8 Å². The minimum atomic E-state index is -0.377. The van der Waals surface area contributed by atoms with Gasteiger partial charge in [-0.15, -0.1) is 0 Å². The summed E-state index contributed by atoms with van der Waals surface area (Å²) in [6.45, 7) is 5.57. The van der Waals surface area contributed by atoms with Crippen molar-refractivity contribution in [3.05, 3.63) is 53.1 Å². The van der Waals surface area contributed by atoms with Gasteiger partial charge in [0.05, 0.1) is 25.1 Å². The van der Waals surface area contributed by atoms with Crippen LogP contribution < -0.4 is 11.5 Å². The zero-order chi connectivity index (χ0) is 18.8. The van der Waals surface area contributed by atoms with E-state index in [1.54, 1.807) is 12.3 Å². The molecule has 0 aliphatic carbocycles. The Morgan fingerprint density at radius 3 is 2.82 bits per heavy atom. The van der Waals surface area contributed by atoms with E-state index in [1.807, 2.05) is 16.6 Å². The summed E-state index contributed by atoms with van der Waals surface area (Å²) in [5.74, 6) is 0.186. The summed E-state index contributed by atoms with van der Waals surface area (Å²) in [7, 11) is 0. The van der Waals surface area contributed by atoms with Crippen LogP contribution in [0.3, 0.4) is 0 Å². The third-order valence-electron chi connectivity index (χ3n) is 4.80. The molecule has 28 heavy (non-hydrogen) atoms. The second kappa shape index (κ2) is 8.83. The molecule has 1 atom stereocenters. The molecular weight excluding hydrogens is 383 g/mol. The molecule has 1 aliphatic rings. The number of morpholine rings is 1. The van der Waals surface area contributed by atoms with E-state index in [0.29, 0.717) is 28.2 Å². The Kier molecular flexibility index (Phi) is 6.46. The third-order valence-corrected chi connectivity index (χ3v) is 5.03. The number of halogens is 2. The Labute approximate surface area is 168 Å². The second-order valence-corrected chi connectivity index (χ2v) is 7.12. The number of benzene rings is 1. The van der Waals surface area contributed by atoms with Crippen LogP contribution in [0.15, 0.2) is 36.5 Å². The molecule has 0 bridgehead atoms. The van der Waals surface area contributed by atoms with Gasteiger partial charge in [-0.2, -0.15) is 5.10 Å². The predicted octanol–water partition coefficient (Wildman–Crippen LogP) is 3.69. The maximum Gasteiger partial charge on any atom is 0.157 e. The fraction of sp³-hybridized carbons (Fsp3) is 0.368. The lowest BCUT2D eigenvalue weighted by molar-refractivity contribution is 0.0201. The third kappa shape index (κ3) is 4.41. The molecule has 1 unspecified atom stereocenters. The molecule has 0 radical (unpaired) electrons. The monoisotopic (exact) mass is 406 g/mol. The smallest absolute Gasteiger partial charge is 0.157 e. The quantitative estimate of drug-likeness (QED) is 0.671. The number of ether oxygens (including phenoxy) is 1. The second-order valence-electron chi connectivity index (χ2n) is 6.68. The fourth-order valence-corrected chi connectivity index (χ4v) is 3.54. The van der Waals surface area contributed by atoms with Crippen LogP contribution in [0.25, 0.3) is 5.65 Å². The van der Waals surface area contributed by atoms with Gasteiger partial charge in [-0.25, -0.2) is 13.9 Å². The van der Waals surface area contributed by atoms with Gasteiger partial charge in [0.1, 0.15) is 11.6 Å². The van der Waals surface area contributed by atoms with Gasteiger partial charge in [-0.3, -0.25) is 4.90 Å². The Morgan fingerprint density at radius 2 is 2.04 bits per heavy atom. The largest absolute Gasteiger partial charge is 0.379 e. The minimum absolute atomic E-state index is 0. The average molecular weight is 407 g/mol. The van der Waals surface area contributed by atoms with Crippen LogP contribution in [0.5, 0.6) is 0 Å². The van der Waals surface area contributed by atoms with Gasteiger partial charge in [0.2, 0.25) is 0 Å². The first-order valence-electron chi connectivity index (χ1n) is 8.98. The first-order valence-corrected chi connectivity index (χ1v) is 9.35. The van der Waals surface area contributed by atoms with Crippen LogP contribution in [0.2, 0.25) is 5.02 Å². The van der Waals surface area contributed by atoms with Crippen molar-refractivity contribution in [2.45, 2.75) is 19.4 Å². The number of hydrogen-bond donors (Lipinski definition) is 2. The Balaban J connectivity index is 0.00000225. The zero-order valence-corrected chi connectivity index (χ0v) is 16.5. The van der Waals surface area contributed by atoms with Gasteiger partial charge in [0, 0.05) is 48.4 Å². The highest BCUT2D eigenvalue weighted by atomic mass is 35.5. The number of nitrogens with one attached hydrogen (secondary N) is 1. The van der Waals surface area contributed by atoms with Gasteiger partial charge in [0.15, 0.2) is 5.65 Å². The van der Waals surface area contributed by atoms with E-state index < -0.39 is 0 Å². The molecule has 0 amide bonds. The fourth-order valence-electron chi connectivity index (χ4n) is 3.37. The lowest BCUT2D eigenvalue weighted by Gasteiger charge is -2.32. The number of aromatic nitrogens is 3. The lowest BCUT2D eigenvalue weighted by Crippen LogP contribution is -2.43. The lowest BCUT2D eigenvalue weighted by atomic mass is 10.1. The van der Waals surface area contributed by atoms with Crippen LogP contribution in [-0.4, -0.2) is 51.8 Å². The van der Waals surface area contributed by atoms with E-state index in [2.05, 4.69) is 27.2 Å². The highest BCUT2D eigenvalue weighted by molar-refractivity contribution is 6.30.